The van der Waals surface area contributed by atoms with E-state index in [2.05, 4.69) is 25.5 Å². The summed E-state index contributed by atoms with van der Waals surface area (Å²) in [5.41, 5.74) is -0.0160. The van der Waals surface area contributed by atoms with Crippen molar-refractivity contribution in [3.05, 3.63) is 29.8 Å². The molecule has 0 heterocycles. The van der Waals surface area contributed by atoms with Gasteiger partial charge < -0.3 is 9.84 Å². The number of unbranched alkanes of at least 4 members (excludes halogenated alkanes) is 15. The van der Waals surface area contributed by atoms with Crippen molar-refractivity contribution in [1.82, 2.24) is 0 Å². The number of aromatic hydroxyl groups is 1. The second-order valence-corrected chi connectivity index (χ2v) is 19.3. The Kier molecular flexibility index (Phi) is 26.8. The maximum atomic E-state index is 11.1. The molecule has 0 aliphatic rings. The fourth-order valence-electron chi connectivity index (χ4n) is 4.67. The molecule has 0 saturated carbocycles. The Bertz CT molecular complexity index is 653. The van der Waals surface area contributed by atoms with Crippen LogP contribution in [0.2, 0.25) is 13.3 Å². The minimum absolute atomic E-state index is 0.0160. The van der Waals surface area contributed by atoms with Crippen molar-refractivity contribution >= 4 is 31.7 Å². The van der Waals surface area contributed by atoms with E-state index in [4.69, 9.17) is 0 Å². The SMILES string of the molecule is CC(=O)OC(=O)c1ccccc1O.CCCCCCC[CH2][Sn]([CH2]CCCCCCC)[CH2]CCCCCCC. The van der Waals surface area contributed by atoms with Gasteiger partial charge in [0.05, 0.1) is 0 Å². The first-order valence-corrected chi connectivity index (χ1v) is 21.9. The molecule has 0 unspecified atom stereocenters. The third-order valence-corrected chi connectivity index (χ3v) is 16.1. The molecule has 5 heteroatoms. The van der Waals surface area contributed by atoms with Gasteiger partial charge in [0.1, 0.15) is 11.3 Å². The van der Waals surface area contributed by atoms with Crippen LogP contribution in [0.4, 0.5) is 0 Å². The Morgan fingerprint density at radius 3 is 1.37 bits per heavy atom. The van der Waals surface area contributed by atoms with Crippen LogP contribution in [-0.4, -0.2) is 36.8 Å². The quantitative estimate of drug-likeness (QED) is 0.0594. The second kappa shape index (κ2) is 27.5. The number of esters is 2. The van der Waals surface area contributed by atoms with Gasteiger partial charge in [-0.2, -0.15) is 0 Å². The van der Waals surface area contributed by atoms with Crippen molar-refractivity contribution in [3.63, 3.8) is 0 Å². The second-order valence-electron chi connectivity index (χ2n) is 10.7. The fraction of sp³-hybridized carbons (Fsp3) is 0.758. The van der Waals surface area contributed by atoms with Crippen LogP contribution in [-0.2, 0) is 9.53 Å². The predicted octanol–water partition coefficient (Wildman–Crippen LogP) is 10.7. The van der Waals surface area contributed by atoms with Crippen LogP contribution in [0, 0.1) is 0 Å². The molecule has 1 aromatic rings. The molecule has 0 saturated heterocycles. The van der Waals surface area contributed by atoms with Crippen molar-refractivity contribution in [3.8, 4) is 5.75 Å². The van der Waals surface area contributed by atoms with Crippen molar-refractivity contribution in [1.29, 1.82) is 0 Å². The molecular formula is C33H59O4Sn. The van der Waals surface area contributed by atoms with E-state index in [1.165, 1.54) is 108 Å². The van der Waals surface area contributed by atoms with E-state index < -0.39 is 31.7 Å². The van der Waals surface area contributed by atoms with Gasteiger partial charge in [-0.25, -0.2) is 4.79 Å². The summed E-state index contributed by atoms with van der Waals surface area (Å²) in [4.78, 5) is 21.5. The predicted molar refractivity (Wildman–Crippen MR) is 165 cm³/mol. The van der Waals surface area contributed by atoms with Crippen LogP contribution in [0.5, 0.6) is 5.75 Å². The summed E-state index contributed by atoms with van der Waals surface area (Å²) in [6.07, 6.45) is 26.9. The van der Waals surface area contributed by atoms with Crippen molar-refractivity contribution in [2.75, 3.05) is 0 Å². The van der Waals surface area contributed by atoms with Gasteiger partial charge in [0.15, 0.2) is 0 Å². The van der Waals surface area contributed by atoms with E-state index in [1.54, 1.807) is 44.7 Å². The number of rotatable bonds is 22. The van der Waals surface area contributed by atoms with E-state index in [0.717, 1.165) is 6.92 Å². The first-order chi connectivity index (χ1) is 18.5. The zero-order valence-corrected chi connectivity index (χ0v) is 28.2. The van der Waals surface area contributed by atoms with Gasteiger partial charge in [0.25, 0.3) is 0 Å². The van der Waals surface area contributed by atoms with Gasteiger partial charge in [-0.3, -0.25) is 4.79 Å². The first kappa shape index (κ1) is 37.0. The molecule has 0 aliphatic heterocycles. The molecule has 4 nitrogen and oxygen atoms in total. The third kappa shape index (κ3) is 22.9. The van der Waals surface area contributed by atoms with Gasteiger partial charge in [-0.05, 0) is 12.1 Å². The fourth-order valence-corrected chi connectivity index (χ4v) is 13.2. The Labute approximate surface area is 242 Å². The number of ether oxygens (including phenoxy) is 1. The summed E-state index contributed by atoms with van der Waals surface area (Å²) in [5, 5.41) is 9.18. The normalized spacial score (nSPS) is 10.8. The summed E-state index contributed by atoms with van der Waals surface area (Å²) in [6.45, 7) is 8.10. The number of phenolic OH excluding ortho intramolecular Hbond substituents is 1. The third-order valence-electron chi connectivity index (χ3n) is 7.01. The van der Waals surface area contributed by atoms with Gasteiger partial charge >= 0.3 is 181 Å². The average Bonchev–Trinajstić information content (AvgIpc) is 2.89. The molecule has 1 rings (SSSR count). The summed E-state index contributed by atoms with van der Waals surface area (Å²) in [7, 11) is 0. The summed E-state index contributed by atoms with van der Waals surface area (Å²) < 4.78 is 9.44. The first-order valence-electron chi connectivity index (χ1n) is 15.8. The van der Waals surface area contributed by atoms with Gasteiger partial charge in [0, 0.05) is 6.92 Å². The minimum atomic E-state index is -1.02. The van der Waals surface area contributed by atoms with E-state index in [0.29, 0.717) is 0 Å². The van der Waals surface area contributed by atoms with E-state index in [9.17, 15) is 14.7 Å². The van der Waals surface area contributed by atoms with Crippen LogP contribution < -0.4 is 0 Å². The summed E-state index contributed by atoms with van der Waals surface area (Å²) in [5.74, 6) is -1.74. The zero-order valence-electron chi connectivity index (χ0n) is 25.3. The molecule has 0 bridgehead atoms. The van der Waals surface area contributed by atoms with E-state index in [-0.39, 0.29) is 11.3 Å². The number of carbonyl (C=O) groups is 2. The molecule has 1 aromatic carbocycles. The molecule has 1 radical (unpaired) electrons. The Hall–Kier alpha value is -1.04. The summed E-state index contributed by atoms with van der Waals surface area (Å²) in [6, 6.07) is 5.85. The molecule has 219 valence electrons. The average molecular weight is 639 g/mol. The standard InChI is InChI=1S/C9H8O4.3C8H17.Sn/c1-6(10)13-9(12)7-4-2-3-5-8(7)11;3*1-3-5-7-8-6-4-2;/h2-5,11H,1H3;3*1,3-8H2,2H3;. The van der Waals surface area contributed by atoms with E-state index >= 15 is 0 Å². The monoisotopic (exact) mass is 639 g/mol. The van der Waals surface area contributed by atoms with Gasteiger partial charge in [-0.1, -0.05) is 12.1 Å². The number of phenols is 1. The van der Waals surface area contributed by atoms with Crippen molar-refractivity contribution in [2.24, 2.45) is 0 Å². The van der Waals surface area contributed by atoms with Crippen LogP contribution in [0.3, 0.4) is 0 Å². The Balaban J connectivity index is 0.000000875. The molecule has 0 fully saturated rings. The van der Waals surface area contributed by atoms with Crippen LogP contribution in [0.1, 0.15) is 154 Å². The molecule has 0 aromatic heterocycles. The molecular weight excluding hydrogens is 579 g/mol. The molecule has 1 N–H and O–H groups in total. The van der Waals surface area contributed by atoms with Gasteiger partial charge in [0.2, 0.25) is 0 Å². The van der Waals surface area contributed by atoms with Gasteiger partial charge in [-0.15, -0.1) is 0 Å². The van der Waals surface area contributed by atoms with Crippen LogP contribution in [0.25, 0.3) is 0 Å². The Morgan fingerprint density at radius 2 is 1.00 bits per heavy atom. The zero-order chi connectivity index (χ0) is 28.3. The summed E-state index contributed by atoms with van der Waals surface area (Å²) >= 11 is -1.02. The number of hydrogen-bond acceptors (Lipinski definition) is 4. The van der Waals surface area contributed by atoms with Crippen molar-refractivity contribution < 1.29 is 19.4 Å². The number of hydrogen-bond donors (Lipinski definition) is 1. The Morgan fingerprint density at radius 1 is 0.632 bits per heavy atom. The molecule has 0 amide bonds. The number of benzene rings is 1. The topological polar surface area (TPSA) is 63.6 Å². The van der Waals surface area contributed by atoms with Crippen LogP contribution >= 0.6 is 0 Å². The molecule has 0 aliphatic carbocycles. The van der Waals surface area contributed by atoms with Crippen molar-refractivity contribution in [2.45, 2.75) is 157 Å². The number of carbonyl (C=O) groups excluding carboxylic acids is 2. The number of para-hydroxylation sites is 1. The molecule has 0 spiro atoms. The molecule has 0 atom stereocenters. The maximum absolute atomic E-state index is 11.1. The van der Waals surface area contributed by atoms with E-state index in [1.807, 2.05) is 0 Å². The molecule has 38 heavy (non-hydrogen) atoms. The van der Waals surface area contributed by atoms with Crippen LogP contribution in [0.15, 0.2) is 24.3 Å².